The van der Waals surface area contributed by atoms with Crippen LogP contribution in [0.25, 0.3) is 0 Å². The Morgan fingerprint density at radius 1 is 1.36 bits per heavy atom. The first kappa shape index (κ1) is 16.8. The van der Waals surface area contributed by atoms with Gasteiger partial charge < -0.3 is 20.5 Å². The van der Waals surface area contributed by atoms with Crippen LogP contribution in [-0.2, 0) is 4.79 Å². The molecular weight excluding hydrogens is 280 g/mol. The lowest BCUT2D eigenvalue weighted by Crippen LogP contribution is -2.47. The van der Waals surface area contributed by atoms with E-state index in [9.17, 15) is 9.90 Å². The molecule has 122 valence electrons. The van der Waals surface area contributed by atoms with Gasteiger partial charge in [-0.2, -0.15) is 0 Å². The minimum atomic E-state index is -0.298. The molecule has 1 aliphatic carbocycles. The highest BCUT2D eigenvalue weighted by atomic mass is 16.5. The second kappa shape index (κ2) is 8.15. The summed E-state index contributed by atoms with van der Waals surface area (Å²) in [4.78, 5) is 12.1. The van der Waals surface area contributed by atoms with Gasteiger partial charge in [0.1, 0.15) is 5.75 Å². The molecule has 1 aliphatic rings. The van der Waals surface area contributed by atoms with E-state index in [-0.39, 0.29) is 24.1 Å². The molecule has 22 heavy (non-hydrogen) atoms. The number of rotatable bonds is 6. The van der Waals surface area contributed by atoms with Crippen molar-refractivity contribution in [1.29, 1.82) is 0 Å². The maximum atomic E-state index is 12.1. The summed E-state index contributed by atoms with van der Waals surface area (Å²) in [5.41, 5.74) is 0.680. The fourth-order valence-electron chi connectivity index (χ4n) is 2.96. The van der Waals surface area contributed by atoms with E-state index in [1.54, 1.807) is 7.11 Å². The minimum Gasteiger partial charge on any atom is -0.495 e. The number of carbonyl (C=O) groups excluding carboxylic acids is 1. The number of hydrogen-bond donors (Lipinski definition) is 3. The van der Waals surface area contributed by atoms with Crippen molar-refractivity contribution in [3.05, 3.63) is 24.3 Å². The Bertz CT molecular complexity index is 493. The van der Waals surface area contributed by atoms with E-state index in [1.165, 1.54) is 0 Å². The van der Waals surface area contributed by atoms with Crippen LogP contribution in [0.1, 0.15) is 39.0 Å². The number of para-hydroxylation sites is 2. The standard InChI is InChI=1S/C17H26N2O3/c1-12(18-13-7-3-5-9-15(13)20)11-17(21)19-14-8-4-6-10-16(14)22-2/h4,6,8,10,12-13,15,18,20H,3,5,7,9,11H2,1-2H3,(H,19,21). The van der Waals surface area contributed by atoms with Crippen LogP contribution in [0.2, 0.25) is 0 Å². The van der Waals surface area contributed by atoms with Crippen molar-refractivity contribution in [2.75, 3.05) is 12.4 Å². The highest BCUT2D eigenvalue weighted by Crippen LogP contribution is 2.23. The number of ether oxygens (including phenoxy) is 1. The Morgan fingerprint density at radius 3 is 2.82 bits per heavy atom. The van der Waals surface area contributed by atoms with Gasteiger partial charge in [0.05, 0.1) is 18.9 Å². The Balaban J connectivity index is 1.83. The maximum absolute atomic E-state index is 12.1. The van der Waals surface area contributed by atoms with Gasteiger partial charge in [0, 0.05) is 18.5 Å². The lowest BCUT2D eigenvalue weighted by Gasteiger charge is -2.31. The lowest BCUT2D eigenvalue weighted by molar-refractivity contribution is -0.116. The van der Waals surface area contributed by atoms with Crippen molar-refractivity contribution in [3.63, 3.8) is 0 Å². The first-order valence-electron chi connectivity index (χ1n) is 7.97. The van der Waals surface area contributed by atoms with Gasteiger partial charge in [-0.1, -0.05) is 25.0 Å². The molecule has 0 saturated heterocycles. The van der Waals surface area contributed by atoms with E-state index in [0.29, 0.717) is 17.9 Å². The second-order valence-corrected chi connectivity index (χ2v) is 5.98. The summed E-state index contributed by atoms with van der Waals surface area (Å²) in [6.45, 7) is 1.98. The fraction of sp³-hybridized carbons (Fsp3) is 0.588. The third kappa shape index (κ3) is 4.71. The van der Waals surface area contributed by atoms with E-state index in [0.717, 1.165) is 25.7 Å². The lowest BCUT2D eigenvalue weighted by atomic mass is 9.92. The molecule has 0 spiro atoms. The molecule has 0 radical (unpaired) electrons. The van der Waals surface area contributed by atoms with Crippen LogP contribution in [0.4, 0.5) is 5.69 Å². The van der Waals surface area contributed by atoms with E-state index in [1.807, 2.05) is 31.2 Å². The van der Waals surface area contributed by atoms with E-state index >= 15 is 0 Å². The first-order chi connectivity index (χ1) is 10.6. The van der Waals surface area contributed by atoms with Crippen molar-refractivity contribution in [1.82, 2.24) is 5.32 Å². The molecule has 1 saturated carbocycles. The summed E-state index contributed by atoms with van der Waals surface area (Å²) >= 11 is 0. The van der Waals surface area contributed by atoms with Crippen molar-refractivity contribution in [3.8, 4) is 5.75 Å². The molecule has 0 aromatic heterocycles. The Morgan fingerprint density at radius 2 is 2.09 bits per heavy atom. The Kier molecular flexibility index (Phi) is 6.21. The molecule has 1 fully saturated rings. The summed E-state index contributed by atoms with van der Waals surface area (Å²) in [7, 11) is 1.58. The highest BCUT2D eigenvalue weighted by Gasteiger charge is 2.24. The van der Waals surface area contributed by atoms with Gasteiger partial charge in [-0.15, -0.1) is 0 Å². The Labute approximate surface area is 132 Å². The molecule has 1 aromatic carbocycles. The number of nitrogens with one attached hydrogen (secondary N) is 2. The van der Waals surface area contributed by atoms with Gasteiger partial charge in [0.2, 0.25) is 5.91 Å². The van der Waals surface area contributed by atoms with Crippen LogP contribution in [0.15, 0.2) is 24.3 Å². The van der Waals surface area contributed by atoms with Gasteiger partial charge in [-0.25, -0.2) is 0 Å². The second-order valence-electron chi connectivity index (χ2n) is 5.98. The SMILES string of the molecule is COc1ccccc1NC(=O)CC(C)NC1CCCCC1O. The van der Waals surface area contributed by atoms with E-state index in [2.05, 4.69) is 10.6 Å². The Hall–Kier alpha value is -1.59. The van der Waals surface area contributed by atoms with Crippen LogP contribution in [0, 0.1) is 0 Å². The molecule has 1 aromatic rings. The molecule has 5 nitrogen and oxygen atoms in total. The molecule has 5 heteroatoms. The van der Waals surface area contributed by atoms with Crippen LogP contribution in [-0.4, -0.2) is 36.3 Å². The number of hydrogen-bond acceptors (Lipinski definition) is 4. The largest absolute Gasteiger partial charge is 0.495 e. The molecule has 2 rings (SSSR count). The van der Waals surface area contributed by atoms with Gasteiger partial charge in [0.25, 0.3) is 0 Å². The van der Waals surface area contributed by atoms with Crippen LogP contribution in [0.3, 0.4) is 0 Å². The van der Waals surface area contributed by atoms with Crippen LogP contribution < -0.4 is 15.4 Å². The minimum absolute atomic E-state index is 0.0208. The van der Waals surface area contributed by atoms with E-state index < -0.39 is 0 Å². The third-order valence-electron chi connectivity index (χ3n) is 4.10. The quantitative estimate of drug-likeness (QED) is 0.754. The third-order valence-corrected chi connectivity index (χ3v) is 4.10. The molecule has 3 unspecified atom stereocenters. The zero-order chi connectivity index (χ0) is 15.9. The molecule has 3 N–H and O–H groups in total. The van der Waals surface area contributed by atoms with Gasteiger partial charge in [-0.3, -0.25) is 4.79 Å². The monoisotopic (exact) mass is 306 g/mol. The zero-order valence-electron chi connectivity index (χ0n) is 13.3. The fourth-order valence-corrected chi connectivity index (χ4v) is 2.96. The van der Waals surface area contributed by atoms with Gasteiger partial charge >= 0.3 is 0 Å². The molecular formula is C17H26N2O3. The average Bonchev–Trinajstić information content (AvgIpc) is 2.50. The molecule has 0 bridgehead atoms. The number of anilines is 1. The van der Waals surface area contributed by atoms with Crippen molar-refractivity contribution in [2.45, 2.75) is 57.2 Å². The predicted molar refractivity (Wildman–Crippen MR) is 87.1 cm³/mol. The molecule has 0 aliphatic heterocycles. The topological polar surface area (TPSA) is 70.6 Å². The summed E-state index contributed by atoms with van der Waals surface area (Å²) in [6.07, 6.45) is 4.10. The number of methoxy groups -OCH3 is 1. The smallest absolute Gasteiger partial charge is 0.226 e. The predicted octanol–water partition coefficient (Wildman–Crippen LogP) is 2.31. The highest BCUT2D eigenvalue weighted by molar-refractivity contribution is 5.92. The number of aliphatic hydroxyl groups is 1. The molecule has 0 heterocycles. The summed E-state index contributed by atoms with van der Waals surface area (Å²) in [5, 5.41) is 16.2. The van der Waals surface area contributed by atoms with Crippen LogP contribution >= 0.6 is 0 Å². The van der Waals surface area contributed by atoms with E-state index in [4.69, 9.17) is 4.74 Å². The van der Waals surface area contributed by atoms with Crippen molar-refractivity contribution < 1.29 is 14.6 Å². The number of amides is 1. The van der Waals surface area contributed by atoms with Crippen LogP contribution in [0.5, 0.6) is 5.75 Å². The molecule has 3 atom stereocenters. The number of aliphatic hydroxyl groups excluding tert-OH is 1. The number of benzene rings is 1. The van der Waals surface area contributed by atoms with Gasteiger partial charge in [0.15, 0.2) is 0 Å². The normalized spacial score (nSPS) is 22.9. The van der Waals surface area contributed by atoms with Gasteiger partial charge in [-0.05, 0) is 31.9 Å². The first-order valence-corrected chi connectivity index (χ1v) is 7.97. The van der Waals surface area contributed by atoms with Crippen molar-refractivity contribution in [2.24, 2.45) is 0 Å². The zero-order valence-corrected chi connectivity index (χ0v) is 13.3. The van der Waals surface area contributed by atoms with Crippen molar-refractivity contribution >= 4 is 11.6 Å². The summed E-state index contributed by atoms with van der Waals surface area (Å²) in [6, 6.07) is 7.48. The number of carbonyl (C=O) groups is 1. The molecule has 1 amide bonds. The average molecular weight is 306 g/mol. The summed E-state index contributed by atoms with van der Waals surface area (Å²) < 4.78 is 5.22. The summed E-state index contributed by atoms with van der Waals surface area (Å²) in [5.74, 6) is 0.592. The maximum Gasteiger partial charge on any atom is 0.226 e.